The highest BCUT2D eigenvalue weighted by molar-refractivity contribution is 6.76. The smallest absolute Gasteiger partial charge is 0.317 e. The van der Waals surface area contributed by atoms with E-state index < -0.39 is 19.1 Å². The Kier molecular flexibility index (Phi) is 9.41. The summed E-state index contributed by atoms with van der Waals surface area (Å²) >= 11 is 0. The van der Waals surface area contributed by atoms with Crippen LogP contribution in [0.25, 0.3) is 22.6 Å². The molecule has 1 saturated carbocycles. The van der Waals surface area contributed by atoms with Crippen molar-refractivity contribution in [2.24, 2.45) is 5.41 Å². The molecule has 3 aromatic rings. The van der Waals surface area contributed by atoms with Crippen LogP contribution in [0.5, 0.6) is 11.9 Å². The molecule has 10 nitrogen and oxygen atoms in total. The number of nitrogens with zero attached hydrogens (tertiary/aromatic N) is 5. The molecule has 1 aliphatic rings. The van der Waals surface area contributed by atoms with Gasteiger partial charge in [0.25, 0.3) is 0 Å². The standard InChI is InChI=1S/C31H45N5O5Si/c1-21(2)40-29-34-27(35-36(29)20-38-14-15-42(7,8)9)23-10-11-25(32-17-23)24-18-33-26(16-22(24)3)39-19-31(12-13-31)28(37)41-30(4,5)6/h10-11,16-18,21H,12-15,19-20H2,1-9H3. The summed E-state index contributed by atoms with van der Waals surface area (Å²) < 4.78 is 25.0. The van der Waals surface area contributed by atoms with Crippen LogP contribution in [0.2, 0.25) is 25.7 Å². The molecule has 3 heterocycles. The molecular weight excluding hydrogens is 550 g/mol. The highest BCUT2D eigenvalue weighted by Gasteiger charge is 2.53. The third-order valence-corrected chi connectivity index (χ3v) is 8.46. The fourth-order valence-corrected chi connectivity index (χ4v) is 4.84. The molecule has 3 aromatic heterocycles. The Morgan fingerprint density at radius 3 is 2.43 bits per heavy atom. The maximum absolute atomic E-state index is 12.6. The molecule has 1 aliphatic carbocycles. The molecule has 0 saturated heterocycles. The minimum atomic E-state index is -1.18. The first-order valence-electron chi connectivity index (χ1n) is 14.6. The van der Waals surface area contributed by atoms with Gasteiger partial charge in [-0.15, -0.1) is 5.10 Å². The molecule has 0 N–H and O–H groups in total. The summed E-state index contributed by atoms with van der Waals surface area (Å²) in [5.74, 6) is 0.794. The number of hydrogen-bond acceptors (Lipinski definition) is 9. The number of carbonyl (C=O) groups is 1. The summed E-state index contributed by atoms with van der Waals surface area (Å²) in [7, 11) is -1.18. The van der Waals surface area contributed by atoms with Crippen LogP contribution in [0.15, 0.2) is 30.6 Å². The Morgan fingerprint density at radius 2 is 1.86 bits per heavy atom. The molecule has 0 bridgehead atoms. The van der Waals surface area contributed by atoms with Crippen molar-refractivity contribution in [1.29, 1.82) is 0 Å². The molecule has 228 valence electrons. The van der Waals surface area contributed by atoms with Gasteiger partial charge in [-0.25, -0.2) is 4.98 Å². The van der Waals surface area contributed by atoms with Crippen LogP contribution in [-0.2, 0) is 21.0 Å². The third kappa shape index (κ3) is 8.60. The number of rotatable bonds is 13. The zero-order valence-corrected chi connectivity index (χ0v) is 27.5. The maximum atomic E-state index is 12.6. The topological polar surface area (TPSA) is 110 Å². The van der Waals surface area contributed by atoms with Gasteiger partial charge in [0.2, 0.25) is 5.88 Å². The van der Waals surface area contributed by atoms with E-state index in [-0.39, 0.29) is 25.4 Å². The zero-order valence-electron chi connectivity index (χ0n) is 26.5. The lowest BCUT2D eigenvalue weighted by Crippen LogP contribution is -2.33. The number of aryl methyl sites for hydroxylation is 1. The Labute approximate surface area is 250 Å². The molecule has 0 unspecified atom stereocenters. The first kappa shape index (κ1) is 31.6. The molecule has 42 heavy (non-hydrogen) atoms. The molecule has 0 spiro atoms. The molecule has 1 fully saturated rings. The van der Waals surface area contributed by atoms with Gasteiger partial charge < -0.3 is 18.9 Å². The Hall–Kier alpha value is -3.31. The Bertz CT molecular complexity index is 1370. The van der Waals surface area contributed by atoms with Gasteiger partial charge in [-0.2, -0.15) is 9.67 Å². The van der Waals surface area contributed by atoms with E-state index in [0.29, 0.717) is 24.3 Å². The van der Waals surface area contributed by atoms with Gasteiger partial charge in [-0.05, 0) is 78.1 Å². The second-order valence-corrected chi connectivity index (χ2v) is 19.2. The fourth-order valence-electron chi connectivity index (χ4n) is 4.08. The zero-order chi connectivity index (χ0) is 30.7. The van der Waals surface area contributed by atoms with E-state index in [1.165, 1.54) is 0 Å². The van der Waals surface area contributed by atoms with Crippen molar-refractivity contribution in [1.82, 2.24) is 24.7 Å². The highest BCUT2D eigenvalue weighted by Crippen LogP contribution is 2.47. The molecule has 4 rings (SSSR count). The highest BCUT2D eigenvalue weighted by atomic mass is 28.3. The van der Waals surface area contributed by atoms with E-state index in [9.17, 15) is 4.79 Å². The van der Waals surface area contributed by atoms with Gasteiger partial charge >= 0.3 is 12.0 Å². The van der Waals surface area contributed by atoms with Crippen LogP contribution in [0, 0.1) is 12.3 Å². The predicted octanol–water partition coefficient (Wildman–Crippen LogP) is 6.31. The van der Waals surface area contributed by atoms with Crippen molar-refractivity contribution in [2.45, 2.75) is 98.5 Å². The van der Waals surface area contributed by atoms with Gasteiger partial charge in [0.1, 0.15) is 24.4 Å². The molecule has 0 atom stereocenters. The molecule has 0 aliphatic heterocycles. The quantitative estimate of drug-likeness (QED) is 0.127. The lowest BCUT2D eigenvalue weighted by molar-refractivity contribution is -0.163. The van der Waals surface area contributed by atoms with Gasteiger partial charge in [-0.3, -0.25) is 9.78 Å². The lowest BCUT2D eigenvalue weighted by Gasteiger charge is -2.23. The summed E-state index contributed by atoms with van der Waals surface area (Å²) in [5, 5.41) is 4.64. The van der Waals surface area contributed by atoms with E-state index in [1.807, 2.05) is 59.7 Å². The first-order chi connectivity index (χ1) is 19.6. The fraction of sp³-hybridized carbons (Fsp3) is 0.581. The van der Waals surface area contributed by atoms with Crippen molar-refractivity contribution in [3.05, 3.63) is 36.2 Å². The van der Waals surface area contributed by atoms with Gasteiger partial charge in [0.05, 0.1) is 11.8 Å². The predicted molar refractivity (Wildman–Crippen MR) is 164 cm³/mol. The first-order valence-corrected chi connectivity index (χ1v) is 18.3. The monoisotopic (exact) mass is 595 g/mol. The van der Waals surface area contributed by atoms with E-state index in [2.05, 4.69) is 39.7 Å². The van der Waals surface area contributed by atoms with E-state index in [1.54, 1.807) is 17.1 Å². The molecule has 11 heteroatoms. The molecule has 0 radical (unpaired) electrons. The van der Waals surface area contributed by atoms with E-state index in [0.717, 1.165) is 41.3 Å². The van der Waals surface area contributed by atoms with Crippen molar-refractivity contribution in [2.75, 3.05) is 13.2 Å². The molecule has 0 amide bonds. The SMILES string of the molecule is Cc1cc(OCC2(C(=O)OC(C)(C)C)CC2)ncc1-c1ccc(-c2nc(OC(C)C)n(COCC[Si](C)(C)C)n2)cn1. The third-order valence-electron chi connectivity index (χ3n) is 6.75. The number of esters is 1. The van der Waals surface area contributed by atoms with Crippen LogP contribution in [0.3, 0.4) is 0 Å². The van der Waals surface area contributed by atoms with Gasteiger partial charge in [0.15, 0.2) is 5.82 Å². The Balaban J connectivity index is 1.42. The summed E-state index contributed by atoms with van der Waals surface area (Å²) in [6.07, 6.45) is 4.98. The number of pyridine rings is 2. The second-order valence-electron chi connectivity index (χ2n) is 13.6. The van der Waals surface area contributed by atoms with Crippen LogP contribution in [-0.4, -0.2) is 63.7 Å². The number of aromatic nitrogens is 5. The van der Waals surface area contributed by atoms with Crippen molar-refractivity contribution in [3.8, 4) is 34.5 Å². The average molecular weight is 596 g/mol. The van der Waals surface area contributed by atoms with Crippen molar-refractivity contribution in [3.63, 3.8) is 0 Å². The van der Waals surface area contributed by atoms with Crippen molar-refractivity contribution >= 4 is 14.0 Å². The van der Waals surface area contributed by atoms with E-state index in [4.69, 9.17) is 18.9 Å². The second kappa shape index (κ2) is 12.5. The van der Waals surface area contributed by atoms with Gasteiger partial charge in [0, 0.05) is 44.3 Å². The largest absolute Gasteiger partial charge is 0.476 e. The van der Waals surface area contributed by atoms with Crippen LogP contribution >= 0.6 is 0 Å². The van der Waals surface area contributed by atoms with Gasteiger partial charge in [-0.1, -0.05) is 19.6 Å². The summed E-state index contributed by atoms with van der Waals surface area (Å²) in [6.45, 7) is 19.7. The van der Waals surface area contributed by atoms with Crippen LogP contribution in [0.1, 0.15) is 53.0 Å². The lowest BCUT2D eigenvalue weighted by atomic mass is 10.1. The number of hydrogen-bond donors (Lipinski definition) is 0. The Morgan fingerprint density at radius 1 is 1.12 bits per heavy atom. The summed E-state index contributed by atoms with van der Waals surface area (Å²) in [5.41, 5.74) is 2.31. The number of carbonyl (C=O) groups excluding carboxylic acids is 1. The van der Waals surface area contributed by atoms with Crippen LogP contribution in [0.4, 0.5) is 0 Å². The van der Waals surface area contributed by atoms with E-state index >= 15 is 0 Å². The maximum Gasteiger partial charge on any atom is 0.317 e. The molecule has 0 aromatic carbocycles. The normalized spacial score (nSPS) is 14.6. The van der Waals surface area contributed by atoms with Crippen LogP contribution < -0.4 is 9.47 Å². The minimum Gasteiger partial charge on any atom is -0.476 e. The average Bonchev–Trinajstić information content (AvgIpc) is 3.59. The minimum absolute atomic E-state index is 0.0437. The van der Waals surface area contributed by atoms with Crippen molar-refractivity contribution < 1.29 is 23.7 Å². The summed E-state index contributed by atoms with van der Waals surface area (Å²) in [6, 6.07) is 7.24. The molecular formula is C31H45N5O5Si. The number of ether oxygens (including phenoxy) is 4. The summed E-state index contributed by atoms with van der Waals surface area (Å²) in [4.78, 5) is 26.4.